The van der Waals surface area contributed by atoms with E-state index in [9.17, 15) is 9.59 Å². The Morgan fingerprint density at radius 3 is 2.45 bits per heavy atom. The van der Waals surface area contributed by atoms with Gasteiger partial charge in [0, 0.05) is 44.1 Å². The van der Waals surface area contributed by atoms with Gasteiger partial charge in [0.25, 0.3) is 11.8 Å². The van der Waals surface area contributed by atoms with Gasteiger partial charge in [0.15, 0.2) is 0 Å². The molecule has 0 unspecified atom stereocenters. The second kappa shape index (κ2) is 9.07. The van der Waals surface area contributed by atoms with Crippen molar-refractivity contribution in [2.24, 2.45) is 7.05 Å². The molecule has 4 rings (SSSR count). The summed E-state index contributed by atoms with van der Waals surface area (Å²) in [5.41, 5.74) is 1.18. The molecule has 1 aliphatic heterocycles. The zero-order valence-electron chi connectivity index (χ0n) is 17.8. The first-order valence-corrected chi connectivity index (χ1v) is 10.5. The van der Waals surface area contributed by atoms with Gasteiger partial charge in [-0.05, 0) is 56.2 Å². The highest BCUT2D eigenvalue weighted by Crippen LogP contribution is 2.19. The molecule has 3 heterocycles. The summed E-state index contributed by atoms with van der Waals surface area (Å²) >= 11 is 0. The molecule has 1 saturated heterocycles. The van der Waals surface area contributed by atoms with E-state index in [1.165, 1.54) is 0 Å². The number of carbonyl (C=O) groups excluding carboxylic acids is 2. The highest BCUT2D eigenvalue weighted by molar-refractivity contribution is 5.97. The molecule has 8 nitrogen and oxygen atoms in total. The molecule has 8 heteroatoms. The quantitative estimate of drug-likeness (QED) is 0.664. The molecule has 0 atom stereocenters. The van der Waals surface area contributed by atoms with E-state index in [0.29, 0.717) is 43.7 Å². The van der Waals surface area contributed by atoms with Crippen molar-refractivity contribution in [3.63, 3.8) is 0 Å². The average Bonchev–Trinajstić information content (AvgIpc) is 3.44. The van der Waals surface area contributed by atoms with Crippen molar-refractivity contribution < 1.29 is 14.3 Å². The Kier molecular flexibility index (Phi) is 6.06. The first kappa shape index (κ1) is 20.7. The third-order valence-electron chi connectivity index (χ3n) is 5.53. The van der Waals surface area contributed by atoms with Gasteiger partial charge in [-0.15, -0.1) is 0 Å². The minimum atomic E-state index is -0.145. The lowest BCUT2D eigenvalue weighted by Crippen LogP contribution is -2.46. The number of benzene rings is 1. The van der Waals surface area contributed by atoms with Gasteiger partial charge >= 0.3 is 0 Å². The maximum absolute atomic E-state index is 12.9. The minimum absolute atomic E-state index is 0.00924. The third kappa shape index (κ3) is 4.47. The van der Waals surface area contributed by atoms with Crippen LogP contribution in [-0.2, 0) is 7.05 Å². The monoisotopic (exact) mass is 421 g/mol. The van der Waals surface area contributed by atoms with Gasteiger partial charge in [0.1, 0.15) is 17.1 Å². The smallest absolute Gasteiger partial charge is 0.256 e. The number of rotatable bonds is 6. The van der Waals surface area contributed by atoms with Gasteiger partial charge in [-0.1, -0.05) is 0 Å². The van der Waals surface area contributed by atoms with Crippen LogP contribution in [0.15, 0.2) is 55.0 Å². The molecule has 162 valence electrons. The number of amides is 2. The number of carbonyl (C=O) groups is 2. The number of nitrogens with zero attached hydrogens (tertiary/aromatic N) is 4. The van der Waals surface area contributed by atoms with E-state index >= 15 is 0 Å². The highest BCUT2D eigenvalue weighted by Gasteiger charge is 2.26. The summed E-state index contributed by atoms with van der Waals surface area (Å²) in [5.74, 6) is 1.35. The lowest BCUT2D eigenvalue weighted by Gasteiger charge is -2.32. The van der Waals surface area contributed by atoms with Crippen LogP contribution in [0.3, 0.4) is 0 Å². The van der Waals surface area contributed by atoms with E-state index in [4.69, 9.17) is 4.74 Å². The average molecular weight is 422 g/mol. The molecule has 3 aromatic rings. The Hall–Kier alpha value is -3.55. The molecule has 1 N–H and O–H groups in total. The first-order chi connectivity index (χ1) is 15.1. The number of aryl methyl sites for hydroxylation is 1. The molecular weight excluding hydrogens is 394 g/mol. The number of nitrogens with one attached hydrogen (secondary N) is 1. The molecule has 2 amide bonds. The molecule has 1 fully saturated rings. The molecule has 0 bridgehead atoms. The zero-order chi connectivity index (χ0) is 21.8. The highest BCUT2D eigenvalue weighted by atomic mass is 16.5. The van der Waals surface area contributed by atoms with Crippen LogP contribution < -0.4 is 10.1 Å². The zero-order valence-corrected chi connectivity index (χ0v) is 17.8. The van der Waals surface area contributed by atoms with Crippen molar-refractivity contribution in [2.45, 2.75) is 25.8 Å². The Morgan fingerprint density at radius 2 is 1.81 bits per heavy atom. The Morgan fingerprint density at radius 1 is 1.13 bits per heavy atom. The summed E-state index contributed by atoms with van der Waals surface area (Å²) in [6.07, 6.45) is 6.80. The standard InChI is InChI=1S/C23H27N5O3/c1-3-31-19-8-6-17(7-9-19)23(30)28-14-10-18(11-15-28)25-21(29)20-16-24-26(2)22(20)27-12-4-5-13-27/h4-9,12-13,16,18H,3,10-11,14-15H2,1-2H3,(H,25,29). The van der Waals surface area contributed by atoms with Crippen LogP contribution in [0, 0.1) is 0 Å². The molecule has 1 aliphatic rings. The molecular formula is C23H27N5O3. The van der Waals surface area contributed by atoms with Crippen LogP contribution in [-0.4, -0.2) is 56.8 Å². The molecule has 1 aromatic carbocycles. The van der Waals surface area contributed by atoms with Gasteiger partial charge in [0.05, 0.1) is 12.8 Å². The summed E-state index contributed by atoms with van der Waals surface area (Å²) in [5, 5.41) is 7.36. The van der Waals surface area contributed by atoms with E-state index in [1.807, 2.05) is 60.1 Å². The van der Waals surface area contributed by atoms with Gasteiger partial charge in [-0.25, -0.2) is 0 Å². The topological polar surface area (TPSA) is 81.4 Å². The Labute approximate surface area is 181 Å². The first-order valence-electron chi connectivity index (χ1n) is 10.5. The van der Waals surface area contributed by atoms with E-state index in [-0.39, 0.29) is 17.9 Å². The minimum Gasteiger partial charge on any atom is -0.494 e. The molecule has 0 radical (unpaired) electrons. The van der Waals surface area contributed by atoms with Crippen LogP contribution in [0.1, 0.15) is 40.5 Å². The molecule has 0 saturated carbocycles. The van der Waals surface area contributed by atoms with Gasteiger partial charge in [-0.3, -0.25) is 14.3 Å². The van der Waals surface area contributed by atoms with Crippen molar-refractivity contribution in [3.05, 3.63) is 66.1 Å². The van der Waals surface area contributed by atoms with Crippen molar-refractivity contribution in [3.8, 4) is 11.6 Å². The van der Waals surface area contributed by atoms with Crippen molar-refractivity contribution in [1.82, 2.24) is 24.6 Å². The number of hydrogen-bond donors (Lipinski definition) is 1. The van der Waals surface area contributed by atoms with Crippen molar-refractivity contribution >= 4 is 11.8 Å². The number of hydrogen-bond acceptors (Lipinski definition) is 4. The van der Waals surface area contributed by atoms with E-state index in [1.54, 1.807) is 23.0 Å². The molecule has 0 aliphatic carbocycles. The van der Waals surface area contributed by atoms with Crippen LogP contribution in [0.4, 0.5) is 0 Å². The molecule has 0 spiro atoms. The van der Waals surface area contributed by atoms with Crippen molar-refractivity contribution in [2.75, 3.05) is 19.7 Å². The van der Waals surface area contributed by atoms with E-state index in [0.717, 1.165) is 11.6 Å². The Balaban J connectivity index is 1.34. The van der Waals surface area contributed by atoms with Crippen LogP contribution in [0.5, 0.6) is 5.75 Å². The van der Waals surface area contributed by atoms with Gasteiger partial charge in [0.2, 0.25) is 0 Å². The normalized spacial score (nSPS) is 14.5. The maximum atomic E-state index is 12.9. The number of aromatic nitrogens is 3. The Bertz CT molecular complexity index is 1030. The summed E-state index contributed by atoms with van der Waals surface area (Å²) in [6, 6.07) is 11.1. The fraction of sp³-hybridized carbons (Fsp3) is 0.348. The summed E-state index contributed by atoms with van der Waals surface area (Å²) in [4.78, 5) is 27.5. The van der Waals surface area contributed by atoms with E-state index < -0.39 is 0 Å². The lowest BCUT2D eigenvalue weighted by atomic mass is 10.0. The molecule has 31 heavy (non-hydrogen) atoms. The maximum Gasteiger partial charge on any atom is 0.256 e. The van der Waals surface area contributed by atoms with Crippen molar-refractivity contribution in [1.29, 1.82) is 0 Å². The van der Waals surface area contributed by atoms with E-state index in [2.05, 4.69) is 10.4 Å². The van der Waals surface area contributed by atoms with Gasteiger partial charge < -0.3 is 19.5 Å². The number of piperidine rings is 1. The van der Waals surface area contributed by atoms with Gasteiger partial charge in [-0.2, -0.15) is 5.10 Å². The largest absolute Gasteiger partial charge is 0.494 e. The third-order valence-corrected chi connectivity index (χ3v) is 5.53. The van der Waals surface area contributed by atoms with Crippen LogP contribution >= 0.6 is 0 Å². The van der Waals surface area contributed by atoms with Crippen LogP contribution in [0.2, 0.25) is 0 Å². The second-order valence-electron chi connectivity index (χ2n) is 7.59. The van der Waals surface area contributed by atoms with Crippen LogP contribution in [0.25, 0.3) is 5.82 Å². The summed E-state index contributed by atoms with van der Waals surface area (Å²) in [6.45, 7) is 3.74. The SMILES string of the molecule is CCOc1ccc(C(=O)N2CCC(NC(=O)c3cnn(C)c3-n3cccc3)CC2)cc1. The second-order valence-corrected chi connectivity index (χ2v) is 7.59. The lowest BCUT2D eigenvalue weighted by molar-refractivity contribution is 0.0698. The summed E-state index contributed by atoms with van der Waals surface area (Å²) in [7, 11) is 1.82. The predicted octanol–water partition coefficient (Wildman–Crippen LogP) is 2.64. The predicted molar refractivity (Wildman–Crippen MR) is 117 cm³/mol. The fourth-order valence-electron chi connectivity index (χ4n) is 3.91. The summed E-state index contributed by atoms with van der Waals surface area (Å²) < 4.78 is 9.00. The fourth-order valence-corrected chi connectivity index (χ4v) is 3.91. The number of likely N-dealkylation sites (tertiary alicyclic amines) is 1. The molecule has 2 aromatic heterocycles. The number of ether oxygens (including phenoxy) is 1.